The number of allylic oxidation sites excluding steroid dienone is 2. The Morgan fingerprint density at radius 2 is 1.06 bits per heavy atom. The van der Waals surface area contributed by atoms with Crippen molar-refractivity contribution in [1.29, 1.82) is 0 Å². The molecule has 0 radical (unpaired) electrons. The van der Waals surface area contributed by atoms with Gasteiger partial charge in [0.05, 0.1) is 28.4 Å². The topological polar surface area (TPSA) is 71.1 Å². The summed E-state index contributed by atoms with van der Waals surface area (Å²) in [7, 11) is 6.15. The molecule has 2 aliphatic carbocycles. The Kier molecular flexibility index (Phi) is 8.91. The minimum Gasteiger partial charge on any atom is -0.496 e. The number of ether oxygens (including phenoxy) is 4. The van der Waals surface area contributed by atoms with Crippen LogP contribution < -0.4 is 9.47 Å². The van der Waals surface area contributed by atoms with Crippen LogP contribution in [0.4, 0.5) is 0 Å². The van der Waals surface area contributed by atoms with E-state index in [-0.39, 0.29) is 11.9 Å². The van der Waals surface area contributed by atoms with Gasteiger partial charge in [0, 0.05) is 23.3 Å². The molecule has 0 unspecified atom stereocenters. The average Bonchev–Trinajstić information content (AvgIpc) is 2.88. The lowest BCUT2D eigenvalue weighted by Gasteiger charge is -2.20. The number of hydrogen-bond acceptors (Lipinski definition) is 6. The third-order valence-electron chi connectivity index (χ3n) is 6.18. The van der Waals surface area contributed by atoms with Gasteiger partial charge in [-0.3, -0.25) is 0 Å². The maximum Gasteiger partial charge on any atom is 0.330 e. The van der Waals surface area contributed by atoms with Gasteiger partial charge >= 0.3 is 11.9 Å². The molecule has 34 heavy (non-hydrogen) atoms. The first-order valence-electron chi connectivity index (χ1n) is 11.3. The molecule has 2 aromatic rings. The third kappa shape index (κ3) is 6.28. The highest BCUT2D eigenvalue weighted by Gasteiger charge is 2.18. The van der Waals surface area contributed by atoms with E-state index in [1.807, 2.05) is 24.3 Å². The smallest absolute Gasteiger partial charge is 0.330 e. The summed E-state index contributed by atoms with van der Waals surface area (Å²) < 4.78 is 20.0. The molecule has 2 aromatic carbocycles. The Morgan fingerprint density at radius 1 is 0.647 bits per heavy atom. The highest BCUT2D eigenvalue weighted by molar-refractivity contribution is 5.83. The molecule has 0 atom stereocenters. The van der Waals surface area contributed by atoms with Crippen LogP contribution in [0.25, 0.3) is 0 Å². The summed E-state index contributed by atoms with van der Waals surface area (Å²) in [6, 6.07) is 12.2. The van der Waals surface area contributed by atoms with E-state index >= 15 is 0 Å². The molecule has 0 heterocycles. The molecule has 180 valence electrons. The summed E-state index contributed by atoms with van der Waals surface area (Å²) in [5.74, 6) is 1.24. The molecule has 6 nitrogen and oxygen atoms in total. The first-order chi connectivity index (χ1) is 16.5. The van der Waals surface area contributed by atoms with Crippen LogP contribution in [0.15, 0.2) is 59.7 Å². The Bertz CT molecular complexity index is 980. The van der Waals surface area contributed by atoms with E-state index in [4.69, 9.17) is 9.47 Å². The Balaban J connectivity index is 0.000000191. The van der Waals surface area contributed by atoms with Gasteiger partial charge in [0.2, 0.25) is 0 Å². The van der Waals surface area contributed by atoms with Crippen LogP contribution in [0, 0.1) is 0 Å². The minimum absolute atomic E-state index is 0.279. The molecule has 0 spiro atoms. The number of hydrogen-bond donors (Lipinski definition) is 0. The van der Waals surface area contributed by atoms with Crippen molar-refractivity contribution in [3.63, 3.8) is 0 Å². The molecule has 2 aliphatic rings. The fourth-order valence-electron chi connectivity index (χ4n) is 4.39. The molecule has 0 aliphatic heterocycles. The van der Waals surface area contributed by atoms with Crippen molar-refractivity contribution < 1.29 is 28.5 Å². The van der Waals surface area contributed by atoms with Crippen molar-refractivity contribution in [3.8, 4) is 11.5 Å². The monoisotopic (exact) mass is 464 g/mol. The van der Waals surface area contributed by atoms with Gasteiger partial charge in [-0.25, -0.2) is 9.59 Å². The number of aryl methyl sites for hydroxylation is 2. The molecule has 0 bridgehead atoms. The molecular weight excluding hydrogens is 432 g/mol. The van der Waals surface area contributed by atoms with E-state index in [2.05, 4.69) is 21.6 Å². The zero-order valence-electron chi connectivity index (χ0n) is 20.3. The molecule has 0 amide bonds. The maximum atomic E-state index is 11.2. The maximum absolute atomic E-state index is 11.2. The quantitative estimate of drug-likeness (QED) is 0.488. The summed E-state index contributed by atoms with van der Waals surface area (Å²) in [5, 5.41) is 0. The van der Waals surface area contributed by atoms with Crippen molar-refractivity contribution in [1.82, 2.24) is 0 Å². The zero-order chi connectivity index (χ0) is 24.5. The van der Waals surface area contributed by atoms with Gasteiger partial charge in [0.15, 0.2) is 0 Å². The first-order valence-corrected chi connectivity index (χ1v) is 11.3. The standard InChI is InChI=1S/2C14H16O3/c2*1-16-13-5-3-4-11-7-6-10(8-12(11)13)9-14(15)17-2/h2*3-5,9H,6-8H2,1-2H3/b10-9+;10-9-. The lowest BCUT2D eigenvalue weighted by Crippen LogP contribution is -2.09. The number of fused-ring (bicyclic) bond motifs is 2. The Hall–Kier alpha value is -3.54. The van der Waals surface area contributed by atoms with E-state index in [9.17, 15) is 9.59 Å². The molecular formula is C28H32O6. The lowest BCUT2D eigenvalue weighted by molar-refractivity contribution is -0.135. The minimum atomic E-state index is -0.279. The summed E-state index contributed by atoms with van der Waals surface area (Å²) in [4.78, 5) is 22.4. The molecule has 4 rings (SSSR count). The van der Waals surface area contributed by atoms with Crippen molar-refractivity contribution in [2.45, 2.75) is 38.5 Å². The van der Waals surface area contributed by atoms with Crippen molar-refractivity contribution in [2.75, 3.05) is 28.4 Å². The van der Waals surface area contributed by atoms with Gasteiger partial charge in [-0.2, -0.15) is 0 Å². The number of methoxy groups -OCH3 is 4. The van der Waals surface area contributed by atoms with E-state index in [1.54, 1.807) is 26.4 Å². The third-order valence-corrected chi connectivity index (χ3v) is 6.18. The second-order valence-electron chi connectivity index (χ2n) is 8.20. The average molecular weight is 465 g/mol. The van der Waals surface area contributed by atoms with E-state index < -0.39 is 0 Å². The molecule has 0 aromatic heterocycles. The Morgan fingerprint density at radius 3 is 1.41 bits per heavy atom. The van der Waals surface area contributed by atoms with Crippen LogP contribution in [-0.2, 0) is 44.7 Å². The number of benzene rings is 2. The SMILES string of the molecule is COC(=O)/C=C1/CCc2cccc(OC)c2C1.COC(=O)/C=C1\CCc2cccc(OC)c2C1. The van der Waals surface area contributed by atoms with Crippen LogP contribution in [0.5, 0.6) is 11.5 Å². The lowest BCUT2D eigenvalue weighted by atomic mass is 9.87. The largest absolute Gasteiger partial charge is 0.496 e. The number of carbonyl (C=O) groups excluding carboxylic acids is 2. The molecule has 0 N–H and O–H groups in total. The zero-order valence-corrected chi connectivity index (χ0v) is 20.3. The normalized spacial score (nSPS) is 16.5. The van der Waals surface area contributed by atoms with Crippen molar-refractivity contribution in [3.05, 3.63) is 82.0 Å². The van der Waals surface area contributed by atoms with Gasteiger partial charge in [-0.1, -0.05) is 35.4 Å². The highest BCUT2D eigenvalue weighted by Crippen LogP contribution is 2.32. The molecule has 6 heteroatoms. The van der Waals surface area contributed by atoms with Crippen molar-refractivity contribution >= 4 is 11.9 Å². The van der Waals surface area contributed by atoms with Crippen LogP contribution >= 0.6 is 0 Å². The summed E-state index contributed by atoms with van der Waals surface area (Å²) in [5.41, 5.74) is 7.22. The van der Waals surface area contributed by atoms with E-state index in [0.29, 0.717) is 0 Å². The second-order valence-corrected chi connectivity index (χ2v) is 8.20. The number of carbonyl (C=O) groups is 2. The van der Waals surface area contributed by atoms with Crippen LogP contribution in [0.2, 0.25) is 0 Å². The second kappa shape index (κ2) is 12.1. The predicted molar refractivity (Wildman–Crippen MR) is 130 cm³/mol. The summed E-state index contributed by atoms with van der Waals surface area (Å²) in [6.45, 7) is 0. The fourth-order valence-corrected chi connectivity index (χ4v) is 4.39. The van der Waals surface area contributed by atoms with Crippen molar-refractivity contribution in [2.24, 2.45) is 0 Å². The molecule has 0 fully saturated rings. The predicted octanol–water partition coefficient (Wildman–Crippen LogP) is 4.57. The number of esters is 2. The van der Waals surface area contributed by atoms with E-state index in [1.165, 1.54) is 36.5 Å². The van der Waals surface area contributed by atoms with Gasteiger partial charge in [-0.05, 0) is 61.8 Å². The van der Waals surface area contributed by atoms with Gasteiger partial charge in [0.1, 0.15) is 11.5 Å². The van der Waals surface area contributed by atoms with Gasteiger partial charge in [0.25, 0.3) is 0 Å². The molecule has 0 saturated heterocycles. The molecule has 0 saturated carbocycles. The summed E-state index contributed by atoms with van der Waals surface area (Å²) >= 11 is 0. The van der Waals surface area contributed by atoms with Crippen LogP contribution in [0.1, 0.15) is 35.1 Å². The van der Waals surface area contributed by atoms with Crippen LogP contribution in [0.3, 0.4) is 0 Å². The summed E-state index contributed by atoms with van der Waals surface area (Å²) in [6.07, 6.45) is 8.46. The van der Waals surface area contributed by atoms with Gasteiger partial charge < -0.3 is 18.9 Å². The number of rotatable bonds is 4. The van der Waals surface area contributed by atoms with E-state index in [0.717, 1.165) is 61.2 Å². The van der Waals surface area contributed by atoms with Gasteiger partial charge in [-0.15, -0.1) is 0 Å². The highest BCUT2D eigenvalue weighted by atomic mass is 16.5. The van der Waals surface area contributed by atoms with Crippen LogP contribution in [-0.4, -0.2) is 40.4 Å². The first kappa shape index (κ1) is 25.1. The Labute approximate surface area is 201 Å². The fraction of sp³-hybridized carbons (Fsp3) is 0.357.